The highest BCUT2D eigenvalue weighted by atomic mass is 19.2. The lowest BCUT2D eigenvalue weighted by Crippen LogP contribution is -2.01. The Balaban J connectivity index is 1.41. The first kappa shape index (κ1) is 18.4. The Kier molecular flexibility index (Phi) is 4.30. The fourth-order valence-corrected chi connectivity index (χ4v) is 3.53. The van der Waals surface area contributed by atoms with Gasteiger partial charge in [0.1, 0.15) is 0 Å². The number of halogens is 4. The average molecular weight is 411 g/mol. The predicted octanol–water partition coefficient (Wildman–Crippen LogP) is 4.55. The second-order valence-corrected chi connectivity index (χ2v) is 7.06. The van der Waals surface area contributed by atoms with Crippen molar-refractivity contribution in [3.63, 3.8) is 0 Å². The maximum atomic E-state index is 14.2. The molecule has 5 rings (SSSR count). The third-order valence-corrected chi connectivity index (χ3v) is 5.13. The van der Waals surface area contributed by atoms with Crippen LogP contribution >= 0.6 is 0 Å². The fourth-order valence-electron chi connectivity index (χ4n) is 3.53. The van der Waals surface area contributed by atoms with Crippen LogP contribution in [0.25, 0.3) is 17.3 Å². The number of aromatic nitrogens is 5. The summed E-state index contributed by atoms with van der Waals surface area (Å²) in [6, 6.07) is 4.22. The Labute approximate surface area is 168 Å². The van der Waals surface area contributed by atoms with E-state index in [1.54, 1.807) is 30.9 Å². The van der Waals surface area contributed by atoms with Gasteiger partial charge in [0.2, 0.25) is 0 Å². The predicted molar refractivity (Wildman–Crippen MR) is 98.8 cm³/mol. The maximum Gasteiger partial charge on any atom is 0.197 e. The zero-order valence-electron chi connectivity index (χ0n) is 15.3. The summed E-state index contributed by atoms with van der Waals surface area (Å²) >= 11 is 0. The van der Waals surface area contributed by atoms with Crippen LogP contribution in [0.4, 0.5) is 17.6 Å². The Hall–Kier alpha value is -3.62. The molecule has 9 heteroatoms. The molecule has 1 saturated carbocycles. The third kappa shape index (κ3) is 3.22. The van der Waals surface area contributed by atoms with Crippen LogP contribution < -0.4 is 0 Å². The van der Waals surface area contributed by atoms with E-state index >= 15 is 0 Å². The van der Waals surface area contributed by atoms with Gasteiger partial charge in [-0.25, -0.2) is 37.5 Å². The number of nitrogens with zero attached hydrogens (tertiary/aromatic N) is 5. The number of hydrogen-bond donors (Lipinski definition) is 0. The Morgan fingerprint density at radius 1 is 0.733 bits per heavy atom. The van der Waals surface area contributed by atoms with Crippen LogP contribution in [0.5, 0.6) is 0 Å². The minimum Gasteiger partial charge on any atom is -0.315 e. The number of rotatable bonds is 4. The van der Waals surface area contributed by atoms with Gasteiger partial charge in [0, 0.05) is 37.2 Å². The van der Waals surface area contributed by atoms with E-state index in [1.165, 1.54) is 6.07 Å². The zero-order chi connectivity index (χ0) is 20.8. The molecule has 0 aliphatic heterocycles. The minimum absolute atomic E-state index is 0.0339. The topological polar surface area (TPSA) is 56.5 Å². The smallest absolute Gasteiger partial charge is 0.197 e. The van der Waals surface area contributed by atoms with Crippen molar-refractivity contribution >= 4 is 0 Å². The van der Waals surface area contributed by atoms with Crippen molar-refractivity contribution in [3.8, 4) is 17.3 Å². The van der Waals surface area contributed by atoms with Crippen molar-refractivity contribution in [1.29, 1.82) is 0 Å². The summed E-state index contributed by atoms with van der Waals surface area (Å²) in [4.78, 5) is 16.8. The minimum atomic E-state index is -1.17. The molecule has 0 radical (unpaired) electrons. The van der Waals surface area contributed by atoms with Gasteiger partial charge in [0.15, 0.2) is 34.9 Å². The summed E-state index contributed by atoms with van der Waals surface area (Å²) in [6.07, 6.45) is 8.78. The molecule has 1 aromatic carbocycles. The molecule has 4 aromatic rings. The van der Waals surface area contributed by atoms with Crippen LogP contribution in [0.1, 0.15) is 29.4 Å². The first-order valence-electron chi connectivity index (χ1n) is 9.13. The molecule has 1 aliphatic rings. The lowest BCUT2D eigenvalue weighted by molar-refractivity contribution is 0.502. The van der Waals surface area contributed by atoms with Crippen molar-refractivity contribution in [2.45, 2.75) is 18.3 Å². The van der Waals surface area contributed by atoms with Crippen molar-refractivity contribution in [2.75, 3.05) is 0 Å². The molecule has 30 heavy (non-hydrogen) atoms. The average Bonchev–Trinajstić information content (AvgIpc) is 3.50. The first-order chi connectivity index (χ1) is 14.5. The van der Waals surface area contributed by atoms with E-state index < -0.39 is 23.3 Å². The van der Waals surface area contributed by atoms with Gasteiger partial charge < -0.3 is 4.57 Å². The van der Waals surface area contributed by atoms with E-state index in [4.69, 9.17) is 0 Å². The van der Waals surface area contributed by atoms with E-state index in [9.17, 15) is 17.6 Å². The van der Waals surface area contributed by atoms with Gasteiger partial charge in [0.05, 0.1) is 5.69 Å². The van der Waals surface area contributed by atoms with Gasteiger partial charge in [-0.2, -0.15) is 0 Å². The molecule has 0 amide bonds. The summed E-state index contributed by atoms with van der Waals surface area (Å²) in [5, 5.41) is 0. The van der Waals surface area contributed by atoms with Crippen LogP contribution in [-0.4, -0.2) is 24.5 Å². The lowest BCUT2D eigenvalue weighted by atomic mass is 10.1. The molecular formula is C21H13F4N5. The van der Waals surface area contributed by atoms with E-state index in [0.29, 0.717) is 23.6 Å². The summed E-state index contributed by atoms with van der Waals surface area (Å²) in [6.45, 7) is 0. The van der Waals surface area contributed by atoms with E-state index in [2.05, 4.69) is 19.9 Å². The van der Waals surface area contributed by atoms with Gasteiger partial charge in [-0.15, -0.1) is 0 Å². The van der Waals surface area contributed by atoms with Crippen LogP contribution in [0.2, 0.25) is 0 Å². The van der Waals surface area contributed by atoms with Crippen molar-refractivity contribution in [1.82, 2.24) is 24.5 Å². The Morgan fingerprint density at radius 3 is 2.00 bits per heavy atom. The lowest BCUT2D eigenvalue weighted by Gasteiger charge is -2.09. The van der Waals surface area contributed by atoms with Crippen LogP contribution in [-0.2, 0) is 0 Å². The Bertz CT molecular complexity index is 1200. The third-order valence-electron chi connectivity index (χ3n) is 5.13. The molecule has 2 atom stereocenters. The summed E-state index contributed by atoms with van der Waals surface area (Å²) in [7, 11) is 0. The van der Waals surface area contributed by atoms with Crippen LogP contribution in [0, 0.1) is 23.3 Å². The van der Waals surface area contributed by atoms with Crippen molar-refractivity contribution in [2.24, 2.45) is 0 Å². The molecule has 5 nitrogen and oxygen atoms in total. The molecule has 0 bridgehead atoms. The van der Waals surface area contributed by atoms with Gasteiger partial charge in [-0.05, 0) is 47.6 Å². The largest absolute Gasteiger partial charge is 0.315 e. The molecule has 1 fully saturated rings. The molecule has 3 heterocycles. The van der Waals surface area contributed by atoms with Crippen molar-refractivity contribution in [3.05, 3.63) is 89.8 Å². The fraction of sp³-hybridized carbons (Fsp3) is 0.143. The summed E-state index contributed by atoms with van der Waals surface area (Å²) in [5.74, 6) is -3.75. The zero-order valence-corrected chi connectivity index (χ0v) is 15.3. The van der Waals surface area contributed by atoms with Crippen molar-refractivity contribution < 1.29 is 17.6 Å². The maximum absolute atomic E-state index is 14.2. The van der Waals surface area contributed by atoms with Gasteiger partial charge in [-0.3, -0.25) is 0 Å². The molecule has 1 aliphatic carbocycles. The quantitative estimate of drug-likeness (QED) is 0.463. The van der Waals surface area contributed by atoms with Gasteiger partial charge in [0.25, 0.3) is 0 Å². The SMILES string of the molecule is Fc1cn(-c2cc(C3CC3c3cnc(-c4ncccn4)nc3)cc(F)c2F)cc1F. The highest BCUT2D eigenvalue weighted by Gasteiger charge is 2.40. The molecular weight excluding hydrogens is 398 g/mol. The monoisotopic (exact) mass is 411 g/mol. The van der Waals surface area contributed by atoms with Gasteiger partial charge >= 0.3 is 0 Å². The first-order valence-corrected chi connectivity index (χ1v) is 9.13. The number of hydrogen-bond acceptors (Lipinski definition) is 4. The van der Waals surface area contributed by atoms with Gasteiger partial charge in [-0.1, -0.05) is 0 Å². The standard InChI is InChI=1S/C21H13F4N5/c22-15-4-11(5-18(19(15)25)30-9-16(23)17(24)10-30)13-6-14(13)12-7-28-21(29-8-12)20-26-2-1-3-27-20/h1-5,7-10,13-14H,6H2. The van der Waals surface area contributed by atoms with E-state index in [1.807, 2.05) is 0 Å². The second-order valence-electron chi connectivity index (χ2n) is 7.06. The molecule has 3 aromatic heterocycles. The molecule has 150 valence electrons. The van der Waals surface area contributed by atoms with E-state index in [-0.39, 0.29) is 17.5 Å². The van der Waals surface area contributed by atoms with Crippen LogP contribution in [0.3, 0.4) is 0 Å². The summed E-state index contributed by atoms with van der Waals surface area (Å²) < 4.78 is 56.0. The highest BCUT2D eigenvalue weighted by Crippen LogP contribution is 2.54. The molecule has 2 unspecified atom stereocenters. The second kappa shape index (κ2) is 7.01. The van der Waals surface area contributed by atoms with Crippen LogP contribution in [0.15, 0.2) is 55.4 Å². The molecule has 0 saturated heterocycles. The summed E-state index contributed by atoms with van der Waals surface area (Å²) in [5.41, 5.74) is 1.15. The highest BCUT2D eigenvalue weighted by molar-refractivity contribution is 5.46. The molecule has 0 spiro atoms. The normalized spacial score (nSPS) is 17.9. The van der Waals surface area contributed by atoms with E-state index in [0.717, 1.165) is 28.6 Å². The number of benzene rings is 1. The molecule has 0 N–H and O–H groups in total. The Morgan fingerprint density at radius 2 is 1.33 bits per heavy atom.